The first-order valence-corrected chi connectivity index (χ1v) is 4.80. The lowest BCUT2D eigenvalue weighted by atomic mass is 9.74. The smallest absolute Gasteiger partial charge is 0.0687 e. The number of hydrogen-bond acceptors (Lipinski definition) is 1. The van der Waals surface area contributed by atoms with Gasteiger partial charge in [-0.2, -0.15) is 0 Å². The van der Waals surface area contributed by atoms with Crippen LogP contribution in [-0.2, 0) is 0 Å². The van der Waals surface area contributed by atoms with Crippen molar-refractivity contribution in [1.29, 1.82) is 0 Å². The van der Waals surface area contributed by atoms with E-state index in [4.69, 9.17) is 0 Å². The molecule has 0 unspecified atom stereocenters. The Kier molecular flexibility index (Phi) is 2.71. The number of nitrogens with zero attached hydrogens (tertiary/aromatic N) is 1. The second-order valence-electron chi connectivity index (χ2n) is 4.21. The summed E-state index contributed by atoms with van der Waals surface area (Å²) in [5.74, 6) is 1.25. The summed E-state index contributed by atoms with van der Waals surface area (Å²) in [5, 5.41) is 0. The summed E-state index contributed by atoms with van der Waals surface area (Å²) in [4.78, 5) is 4.65. The van der Waals surface area contributed by atoms with Gasteiger partial charge in [0.25, 0.3) is 0 Å². The molecule has 1 aliphatic rings. The van der Waals surface area contributed by atoms with Crippen molar-refractivity contribution >= 4 is 6.21 Å². The van der Waals surface area contributed by atoms with Crippen LogP contribution in [0.2, 0.25) is 0 Å². The van der Waals surface area contributed by atoms with Crippen LogP contribution in [0.15, 0.2) is 17.1 Å². The molecule has 1 heteroatoms. The molecule has 0 aromatic heterocycles. The van der Waals surface area contributed by atoms with Crippen LogP contribution in [0.4, 0.5) is 0 Å². The van der Waals surface area contributed by atoms with Crippen molar-refractivity contribution < 1.29 is 0 Å². The van der Waals surface area contributed by atoms with Crippen molar-refractivity contribution in [2.45, 2.75) is 39.7 Å². The van der Waals surface area contributed by atoms with E-state index in [2.05, 4.69) is 38.8 Å². The van der Waals surface area contributed by atoms with Crippen LogP contribution in [0.25, 0.3) is 0 Å². The molecule has 0 amide bonds. The quantitative estimate of drug-likeness (QED) is 0.596. The molecule has 0 saturated heterocycles. The van der Waals surface area contributed by atoms with E-state index in [-0.39, 0.29) is 5.54 Å². The van der Waals surface area contributed by atoms with Crippen molar-refractivity contribution in [3.63, 3.8) is 0 Å². The fraction of sp³-hybridized carbons (Fsp3) is 0.727. The van der Waals surface area contributed by atoms with E-state index in [0.717, 1.165) is 6.42 Å². The number of hydrogen-bond donors (Lipinski definition) is 0. The maximum Gasteiger partial charge on any atom is 0.0687 e. The largest absolute Gasteiger partial charge is 0.286 e. The summed E-state index contributed by atoms with van der Waals surface area (Å²) in [6.45, 7) is 9.04. The first-order valence-electron chi connectivity index (χ1n) is 4.80. The van der Waals surface area contributed by atoms with E-state index in [1.807, 2.05) is 12.3 Å². The van der Waals surface area contributed by atoms with Gasteiger partial charge in [0.2, 0.25) is 0 Å². The summed E-state index contributed by atoms with van der Waals surface area (Å²) in [6, 6.07) is 0. The second kappa shape index (κ2) is 3.42. The Hall–Kier alpha value is -0.590. The maximum absolute atomic E-state index is 4.65. The van der Waals surface area contributed by atoms with Crippen molar-refractivity contribution in [3.05, 3.63) is 12.2 Å². The van der Waals surface area contributed by atoms with Crippen molar-refractivity contribution in [2.24, 2.45) is 16.8 Å². The van der Waals surface area contributed by atoms with E-state index in [1.165, 1.54) is 0 Å². The van der Waals surface area contributed by atoms with Crippen LogP contribution in [-0.4, -0.2) is 11.8 Å². The summed E-state index contributed by atoms with van der Waals surface area (Å²) < 4.78 is 0. The van der Waals surface area contributed by atoms with Crippen molar-refractivity contribution in [1.82, 2.24) is 0 Å². The molecule has 0 radical (unpaired) electrons. The van der Waals surface area contributed by atoms with Gasteiger partial charge < -0.3 is 0 Å². The molecule has 1 nitrogen and oxygen atoms in total. The average Bonchev–Trinajstić information content (AvgIpc) is 2.05. The lowest BCUT2D eigenvalue weighted by Crippen LogP contribution is -2.39. The van der Waals surface area contributed by atoms with Crippen LogP contribution < -0.4 is 0 Å². The molecule has 0 atom stereocenters. The Morgan fingerprint density at radius 2 is 1.75 bits per heavy atom. The minimum absolute atomic E-state index is 0.161. The predicted molar refractivity (Wildman–Crippen MR) is 54.7 cm³/mol. The van der Waals surface area contributed by atoms with Crippen molar-refractivity contribution in [2.75, 3.05) is 0 Å². The highest BCUT2D eigenvalue weighted by Gasteiger charge is 2.35. The summed E-state index contributed by atoms with van der Waals surface area (Å²) in [6.07, 6.45) is 7.32. The first-order chi connectivity index (χ1) is 5.59. The van der Waals surface area contributed by atoms with Gasteiger partial charge in [-0.15, -0.1) is 0 Å². The van der Waals surface area contributed by atoms with E-state index in [0.29, 0.717) is 11.8 Å². The molecule has 1 heterocycles. The third-order valence-corrected chi connectivity index (χ3v) is 2.98. The summed E-state index contributed by atoms with van der Waals surface area (Å²) in [5.41, 5.74) is 0.161. The van der Waals surface area contributed by atoms with Crippen LogP contribution in [0.1, 0.15) is 34.1 Å². The molecule has 0 spiro atoms. The van der Waals surface area contributed by atoms with E-state index in [9.17, 15) is 0 Å². The molecule has 1 rings (SSSR count). The van der Waals surface area contributed by atoms with Crippen molar-refractivity contribution in [3.8, 4) is 0 Å². The molecule has 12 heavy (non-hydrogen) atoms. The van der Waals surface area contributed by atoms with Gasteiger partial charge >= 0.3 is 0 Å². The Balaban J connectivity index is 2.88. The van der Waals surface area contributed by atoms with Crippen LogP contribution in [0.5, 0.6) is 0 Å². The third-order valence-electron chi connectivity index (χ3n) is 2.98. The number of dihydropyridines is 1. The fourth-order valence-corrected chi connectivity index (χ4v) is 1.99. The van der Waals surface area contributed by atoms with Gasteiger partial charge in [0.1, 0.15) is 0 Å². The Morgan fingerprint density at radius 3 is 2.00 bits per heavy atom. The molecule has 0 fully saturated rings. The van der Waals surface area contributed by atoms with Crippen LogP contribution in [0.3, 0.4) is 0 Å². The van der Waals surface area contributed by atoms with Gasteiger partial charge in [0.05, 0.1) is 5.54 Å². The number of rotatable bonds is 2. The molecular formula is C11H19N. The zero-order valence-electron chi connectivity index (χ0n) is 8.54. The summed E-state index contributed by atoms with van der Waals surface area (Å²) >= 11 is 0. The first kappa shape index (κ1) is 9.50. The molecule has 0 saturated carbocycles. The Bertz CT molecular complexity index is 191. The Morgan fingerprint density at radius 1 is 1.17 bits per heavy atom. The third kappa shape index (κ3) is 1.45. The molecule has 1 aliphatic heterocycles. The highest BCUT2D eigenvalue weighted by molar-refractivity contribution is 5.72. The molecule has 0 aromatic carbocycles. The zero-order valence-corrected chi connectivity index (χ0v) is 8.54. The van der Waals surface area contributed by atoms with Gasteiger partial charge in [-0.25, -0.2) is 0 Å². The van der Waals surface area contributed by atoms with Gasteiger partial charge in [-0.1, -0.05) is 33.8 Å². The highest BCUT2D eigenvalue weighted by Crippen LogP contribution is 2.35. The predicted octanol–water partition coefficient (Wildman–Crippen LogP) is 3.07. The van der Waals surface area contributed by atoms with E-state index < -0.39 is 0 Å². The van der Waals surface area contributed by atoms with Gasteiger partial charge in [0.15, 0.2) is 0 Å². The van der Waals surface area contributed by atoms with E-state index in [1.54, 1.807) is 0 Å². The second-order valence-corrected chi connectivity index (χ2v) is 4.21. The minimum Gasteiger partial charge on any atom is -0.286 e. The van der Waals surface area contributed by atoms with Gasteiger partial charge in [-0.05, 0) is 24.3 Å². The molecule has 0 bridgehead atoms. The molecular weight excluding hydrogens is 146 g/mol. The molecule has 0 aliphatic carbocycles. The zero-order chi connectivity index (χ0) is 9.19. The maximum atomic E-state index is 4.65. The lowest BCUT2D eigenvalue weighted by Gasteiger charge is -2.38. The van der Waals surface area contributed by atoms with Gasteiger partial charge in [0, 0.05) is 6.21 Å². The SMILES string of the molecule is CC(C)C1(C(C)C)CC=CC=N1. The normalized spacial score (nSPS) is 20.8. The topological polar surface area (TPSA) is 12.4 Å². The van der Waals surface area contributed by atoms with Gasteiger partial charge in [-0.3, -0.25) is 4.99 Å². The molecule has 0 N–H and O–H groups in total. The lowest BCUT2D eigenvalue weighted by molar-refractivity contribution is 0.229. The fourth-order valence-electron chi connectivity index (χ4n) is 1.99. The molecule has 0 aromatic rings. The van der Waals surface area contributed by atoms with Crippen LogP contribution >= 0.6 is 0 Å². The highest BCUT2D eigenvalue weighted by atomic mass is 14.9. The van der Waals surface area contributed by atoms with E-state index >= 15 is 0 Å². The van der Waals surface area contributed by atoms with Crippen LogP contribution in [0, 0.1) is 11.8 Å². The molecule has 68 valence electrons. The standard InChI is InChI=1S/C11H19N/c1-9(2)11(10(3)4)7-5-6-8-12-11/h5-6,8-10H,7H2,1-4H3. The monoisotopic (exact) mass is 165 g/mol. The summed E-state index contributed by atoms with van der Waals surface area (Å²) in [7, 11) is 0. The Labute approximate surface area is 75.6 Å². The number of aliphatic imine (C=N–C) groups is 1. The number of allylic oxidation sites excluding steroid dienone is 1. The average molecular weight is 165 g/mol. The minimum atomic E-state index is 0.161.